The number of nitrogens with one attached hydrogen (secondary N) is 1. The average Bonchev–Trinajstić information content (AvgIpc) is 2.82. The SMILES string of the molecule is COc1cc2nn(C)c(N3CC(CCNS(N)(=O)=O)C3)c2cc1OC. The largest absolute Gasteiger partial charge is 0.493 e. The van der Waals surface area contributed by atoms with E-state index in [9.17, 15) is 8.42 Å². The minimum atomic E-state index is -3.61. The standard InChI is InChI=1S/C15H23N5O4S/c1-19-15(20-8-10(9-20)4-5-17-25(16,21)22)11-6-13(23-2)14(24-3)7-12(11)18-19/h6-7,10,17H,4-5,8-9H2,1-3H3,(H2,16,21,22). The molecule has 1 aliphatic rings. The Morgan fingerprint density at radius 1 is 1.28 bits per heavy atom. The van der Waals surface area contributed by atoms with Crippen molar-refractivity contribution in [2.45, 2.75) is 6.42 Å². The summed E-state index contributed by atoms with van der Waals surface area (Å²) in [6.45, 7) is 2.04. The van der Waals surface area contributed by atoms with Crippen LogP contribution in [0.2, 0.25) is 0 Å². The lowest BCUT2D eigenvalue weighted by atomic mass is 9.96. The molecule has 3 N–H and O–H groups in total. The van der Waals surface area contributed by atoms with Crippen LogP contribution in [0.25, 0.3) is 10.9 Å². The molecule has 0 unspecified atom stereocenters. The Labute approximate surface area is 146 Å². The van der Waals surface area contributed by atoms with Crippen LogP contribution in [0.4, 0.5) is 5.82 Å². The lowest BCUT2D eigenvalue weighted by molar-refractivity contribution is 0.355. The molecule has 0 bridgehead atoms. The maximum Gasteiger partial charge on any atom is 0.274 e. The van der Waals surface area contributed by atoms with E-state index in [-0.39, 0.29) is 0 Å². The molecule has 2 aromatic rings. The second-order valence-electron chi connectivity index (χ2n) is 6.17. The second kappa shape index (κ2) is 6.70. The third kappa shape index (κ3) is 3.65. The van der Waals surface area contributed by atoms with Crippen molar-refractivity contribution in [2.24, 2.45) is 18.1 Å². The lowest BCUT2D eigenvalue weighted by Crippen LogP contribution is -2.49. The zero-order chi connectivity index (χ0) is 18.2. The van der Waals surface area contributed by atoms with Gasteiger partial charge in [0.15, 0.2) is 11.5 Å². The summed E-state index contributed by atoms with van der Waals surface area (Å²) in [6.07, 6.45) is 0.750. The van der Waals surface area contributed by atoms with Gasteiger partial charge in [-0.3, -0.25) is 4.68 Å². The number of aryl methyl sites for hydroxylation is 1. The van der Waals surface area contributed by atoms with Gasteiger partial charge in [-0.2, -0.15) is 13.5 Å². The molecule has 0 aliphatic carbocycles. The Morgan fingerprint density at radius 2 is 1.92 bits per heavy atom. The summed E-state index contributed by atoms with van der Waals surface area (Å²) < 4.78 is 36.7. The van der Waals surface area contributed by atoms with Gasteiger partial charge in [0.25, 0.3) is 10.2 Å². The quantitative estimate of drug-likeness (QED) is 0.722. The van der Waals surface area contributed by atoms with Gasteiger partial charge in [-0.15, -0.1) is 0 Å². The third-order valence-corrected chi connectivity index (χ3v) is 5.03. The van der Waals surface area contributed by atoms with E-state index in [1.807, 2.05) is 23.9 Å². The Hall–Kier alpha value is -2.04. The second-order valence-corrected chi connectivity index (χ2v) is 7.55. The fourth-order valence-corrected chi connectivity index (χ4v) is 3.62. The topological polar surface area (TPSA) is 112 Å². The summed E-state index contributed by atoms with van der Waals surface area (Å²) in [5, 5.41) is 10.5. The van der Waals surface area contributed by atoms with Gasteiger partial charge in [0.05, 0.1) is 19.7 Å². The highest BCUT2D eigenvalue weighted by Gasteiger charge is 2.30. The van der Waals surface area contributed by atoms with Crippen molar-refractivity contribution < 1.29 is 17.9 Å². The van der Waals surface area contributed by atoms with Crippen LogP contribution in [0.3, 0.4) is 0 Å². The van der Waals surface area contributed by atoms with E-state index < -0.39 is 10.2 Å². The van der Waals surface area contributed by atoms with Crippen molar-refractivity contribution >= 4 is 26.9 Å². The number of methoxy groups -OCH3 is 2. The molecule has 0 atom stereocenters. The van der Waals surface area contributed by atoms with Crippen LogP contribution >= 0.6 is 0 Å². The molecule has 1 aromatic heterocycles. The average molecular weight is 369 g/mol. The molecule has 0 spiro atoms. The normalized spacial score (nSPS) is 15.4. The molecule has 1 fully saturated rings. The van der Waals surface area contributed by atoms with E-state index in [1.54, 1.807) is 14.2 Å². The number of hydrogen-bond donors (Lipinski definition) is 2. The highest BCUT2D eigenvalue weighted by molar-refractivity contribution is 7.87. The van der Waals surface area contributed by atoms with Gasteiger partial charge < -0.3 is 14.4 Å². The summed E-state index contributed by atoms with van der Waals surface area (Å²) >= 11 is 0. The van der Waals surface area contributed by atoms with Crippen molar-refractivity contribution in [3.05, 3.63) is 12.1 Å². The Bertz CT molecular complexity index is 874. The number of ether oxygens (including phenoxy) is 2. The Kier molecular flexibility index (Phi) is 4.76. The first-order valence-electron chi connectivity index (χ1n) is 7.93. The van der Waals surface area contributed by atoms with Crippen LogP contribution in [0.5, 0.6) is 11.5 Å². The number of rotatable bonds is 7. The number of anilines is 1. The summed E-state index contributed by atoms with van der Waals surface area (Å²) in [4.78, 5) is 2.23. The number of hydrogen-bond acceptors (Lipinski definition) is 6. The molecular formula is C15H23N5O4S. The van der Waals surface area contributed by atoms with Crippen LogP contribution in [-0.4, -0.2) is 52.1 Å². The van der Waals surface area contributed by atoms with Crippen LogP contribution in [0.15, 0.2) is 12.1 Å². The summed E-state index contributed by atoms with van der Waals surface area (Å²) in [5.41, 5.74) is 0.842. The molecule has 10 heteroatoms. The van der Waals surface area contributed by atoms with Crippen molar-refractivity contribution in [3.8, 4) is 11.5 Å². The molecule has 0 radical (unpaired) electrons. The van der Waals surface area contributed by atoms with E-state index in [2.05, 4.69) is 14.7 Å². The van der Waals surface area contributed by atoms with Crippen LogP contribution in [-0.2, 0) is 17.3 Å². The first-order chi connectivity index (χ1) is 11.8. The molecular weight excluding hydrogens is 346 g/mol. The molecule has 9 nitrogen and oxygen atoms in total. The monoisotopic (exact) mass is 369 g/mol. The number of benzene rings is 1. The molecule has 138 valence electrons. The van der Waals surface area contributed by atoms with Gasteiger partial charge in [0.1, 0.15) is 5.82 Å². The van der Waals surface area contributed by atoms with E-state index in [0.717, 1.165) is 36.2 Å². The van der Waals surface area contributed by atoms with Crippen LogP contribution in [0, 0.1) is 5.92 Å². The molecule has 25 heavy (non-hydrogen) atoms. The maximum absolute atomic E-state index is 10.9. The molecule has 0 amide bonds. The van der Waals surface area contributed by atoms with Gasteiger partial charge in [-0.25, -0.2) is 9.86 Å². The first-order valence-corrected chi connectivity index (χ1v) is 9.48. The Morgan fingerprint density at radius 3 is 2.52 bits per heavy atom. The molecule has 0 saturated carbocycles. The Balaban J connectivity index is 1.73. The van der Waals surface area contributed by atoms with E-state index in [1.165, 1.54) is 0 Å². The molecule has 1 saturated heterocycles. The first kappa shape index (κ1) is 17.8. The van der Waals surface area contributed by atoms with Crippen LogP contribution < -0.4 is 24.2 Å². The van der Waals surface area contributed by atoms with Crippen LogP contribution in [0.1, 0.15) is 6.42 Å². The number of nitrogens with zero attached hydrogens (tertiary/aromatic N) is 3. The lowest BCUT2D eigenvalue weighted by Gasteiger charge is -2.41. The van der Waals surface area contributed by atoms with Gasteiger partial charge in [-0.1, -0.05) is 0 Å². The fraction of sp³-hybridized carbons (Fsp3) is 0.533. The maximum atomic E-state index is 10.9. The minimum absolute atomic E-state index is 0.356. The predicted molar refractivity (Wildman–Crippen MR) is 95.2 cm³/mol. The third-order valence-electron chi connectivity index (χ3n) is 4.42. The summed E-state index contributed by atoms with van der Waals surface area (Å²) in [7, 11) is 1.50. The van der Waals surface area contributed by atoms with Crippen molar-refractivity contribution in [1.29, 1.82) is 0 Å². The van der Waals surface area contributed by atoms with Crippen molar-refractivity contribution in [2.75, 3.05) is 38.8 Å². The minimum Gasteiger partial charge on any atom is -0.493 e. The number of nitrogens with two attached hydrogens (primary N) is 1. The zero-order valence-corrected chi connectivity index (χ0v) is 15.3. The van der Waals surface area contributed by atoms with E-state index >= 15 is 0 Å². The van der Waals surface area contributed by atoms with Gasteiger partial charge in [-0.05, 0) is 18.4 Å². The van der Waals surface area contributed by atoms with E-state index in [0.29, 0.717) is 24.0 Å². The smallest absolute Gasteiger partial charge is 0.274 e. The van der Waals surface area contributed by atoms with Gasteiger partial charge >= 0.3 is 0 Å². The van der Waals surface area contributed by atoms with Gasteiger partial charge in [0.2, 0.25) is 0 Å². The van der Waals surface area contributed by atoms with E-state index in [4.69, 9.17) is 14.6 Å². The fourth-order valence-electron chi connectivity index (χ4n) is 3.22. The molecule has 3 rings (SSSR count). The zero-order valence-electron chi connectivity index (χ0n) is 14.5. The van der Waals surface area contributed by atoms with Crippen molar-refractivity contribution in [1.82, 2.24) is 14.5 Å². The highest BCUT2D eigenvalue weighted by atomic mass is 32.2. The highest BCUT2D eigenvalue weighted by Crippen LogP contribution is 2.38. The predicted octanol–water partition coefficient (Wildman–Crippen LogP) is 0.210. The molecule has 2 heterocycles. The summed E-state index contributed by atoms with van der Waals surface area (Å²) in [5.74, 6) is 2.75. The van der Waals surface area contributed by atoms with Gasteiger partial charge in [0, 0.05) is 38.1 Å². The molecule has 1 aliphatic heterocycles. The van der Waals surface area contributed by atoms with Crippen molar-refractivity contribution in [3.63, 3.8) is 0 Å². The molecule has 1 aromatic carbocycles. The summed E-state index contributed by atoms with van der Waals surface area (Å²) in [6, 6.07) is 3.80. The number of fused-ring (bicyclic) bond motifs is 1. The number of aromatic nitrogens is 2.